The van der Waals surface area contributed by atoms with Gasteiger partial charge in [-0.25, -0.2) is 8.42 Å². The monoisotopic (exact) mass is 414 g/mol. The van der Waals surface area contributed by atoms with E-state index in [1.807, 2.05) is 6.92 Å². The van der Waals surface area contributed by atoms with Crippen LogP contribution in [0, 0.1) is 0 Å². The largest absolute Gasteiger partial charge is 0.296 e. The van der Waals surface area contributed by atoms with Gasteiger partial charge < -0.3 is 0 Å². The van der Waals surface area contributed by atoms with Crippen LogP contribution in [0.1, 0.15) is 41.6 Å². The molecule has 7 nitrogen and oxygen atoms in total. The summed E-state index contributed by atoms with van der Waals surface area (Å²) in [5, 5.41) is 11.8. The highest BCUT2D eigenvalue weighted by Crippen LogP contribution is 2.26. The van der Waals surface area contributed by atoms with Crippen LogP contribution in [0.5, 0.6) is 0 Å². The van der Waals surface area contributed by atoms with E-state index in [0.29, 0.717) is 18.2 Å². The van der Waals surface area contributed by atoms with Gasteiger partial charge in [0.25, 0.3) is 5.91 Å². The van der Waals surface area contributed by atoms with Crippen LogP contribution in [0.2, 0.25) is 5.02 Å². The smallest absolute Gasteiger partial charge is 0.259 e. The van der Waals surface area contributed by atoms with Crippen LogP contribution in [-0.4, -0.2) is 41.9 Å². The first-order valence-electron chi connectivity index (χ1n) is 8.35. The van der Waals surface area contributed by atoms with Crippen molar-refractivity contribution in [2.45, 2.75) is 37.5 Å². The van der Waals surface area contributed by atoms with Crippen molar-refractivity contribution in [1.82, 2.24) is 14.5 Å². The summed E-state index contributed by atoms with van der Waals surface area (Å²) in [7, 11) is -3.64. The SMILES string of the molecule is CCc1nnc(NC(=O)c2cc(S(=O)(=O)N3CCCCC3)ccc2Cl)s1. The van der Waals surface area contributed by atoms with Crippen LogP contribution >= 0.6 is 22.9 Å². The molecule has 0 radical (unpaired) electrons. The summed E-state index contributed by atoms with van der Waals surface area (Å²) in [6, 6.07) is 4.19. The first kappa shape index (κ1) is 19.2. The second kappa shape index (κ2) is 7.99. The number of aromatic nitrogens is 2. The summed E-state index contributed by atoms with van der Waals surface area (Å²) in [4.78, 5) is 12.6. The zero-order valence-corrected chi connectivity index (χ0v) is 16.6. The van der Waals surface area contributed by atoms with Crippen LogP contribution in [0.3, 0.4) is 0 Å². The van der Waals surface area contributed by atoms with Crippen molar-refractivity contribution in [3.63, 3.8) is 0 Å². The Balaban J connectivity index is 1.86. The molecule has 26 heavy (non-hydrogen) atoms. The molecule has 1 fully saturated rings. The van der Waals surface area contributed by atoms with Crippen LogP contribution in [-0.2, 0) is 16.4 Å². The maximum absolute atomic E-state index is 12.8. The van der Waals surface area contributed by atoms with Gasteiger partial charge in [-0.05, 0) is 37.5 Å². The minimum Gasteiger partial charge on any atom is -0.296 e. The van der Waals surface area contributed by atoms with Gasteiger partial charge in [0.05, 0.1) is 15.5 Å². The van der Waals surface area contributed by atoms with E-state index in [-0.39, 0.29) is 15.5 Å². The van der Waals surface area contributed by atoms with Crippen LogP contribution in [0.25, 0.3) is 0 Å². The Morgan fingerprint density at radius 3 is 2.65 bits per heavy atom. The molecule has 1 aromatic heterocycles. The van der Waals surface area contributed by atoms with E-state index in [1.54, 1.807) is 0 Å². The number of piperidine rings is 1. The number of sulfonamides is 1. The second-order valence-corrected chi connectivity index (χ2v) is 9.32. The molecule has 0 bridgehead atoms. The first-order valence-corrected chi connectivity index (χ1v) is 11.0. The minimum absolute atomic E-state index is 0.0699. The molecule has 1 aliphatic heterocycles. The van der Waals surface area contributed by atoms with Crippen molar-refractivity contribution in [1.29, 1.82) is 0 Å². The summed E-state index contributed by atoms with van der Waals surface area (Å²) in [5.41, 5.74) is 0.0954. The lowest BCUT2D eigenvalue weighted by atomic mass is 10.2. The predicted molar refractivity (Wildman–Crippen MR) is 101 cm³/mol. The standard InChI is InChI=1S/C16H19ClN4O3S2/c1-2-14-19-20-16(25-14)18-15(22)12-10-11(6-7-13(12)17)26(23,24)21-8-4-3-5-9-21/h6-7,10H,2-5,8-9H2,1H3,(H,18,20,22). The van der Waals surface area contributed by atoms with Gasteiger partial charge in [0, 0.05) is 13.1 Å². The average molecular weight is 415 g/mol. The summed E-state index contributed by atoms with van der Waals surface area (Å²) in [5.74, 6) is -0.510. The molecule has 140 valence electrons. The van der Waals surface area contributed by atoms with E-state index >= 15 is 0 Å². The van der Waals surface area contributed by atoms with Gasteiger partial charge in [-0.15, -0.1) is 10.2 Å². The van der Waals surface area contributed by atoms with Gasteiger partial charge in [-0.2, -0.15) is 4.31 Å². The third-order valence-electron chi connectivity index (χ3n) is 4.13. The zero-order chi connectivity index (χ0) is 18.7. The molecule has 0 aliphatic carbocycles. The molecule has 0 atom stereocenters. The number of aryl methyl sites for hydroxylation is 1. The van der Waals surface area contributed by atoms with E-state index in [2.05, 4.69) is 15.5 Å². The van der Waals surface area contributed by atoms with E-state index in [0.717, 1.165) is 30.7 Å². The quantitative estimate of drug-likeness (QED) is 0.811. The molecule has 0 saturated carbocycles. The highest BCUT2D eigenvalue weighted by Gasteiger charge is 2.27. The molecule has 1 saturated heterocycles. The molecule has 0 spiro atoms. The van der Waals surface area contributed by atoms with Crippen molar-refractivity contribution in [2.24, 2.45) is 0 Å². The van der Waals surface area contributed by atoms with Crippen molar-refractivity contribution in [2.75, 3.05) is 18.4 Å². The second-order valence-electron chi connectivity index (χ2n) is 5.92. The van der Waals surface area contributed by atoms with Gasteiger partial charge in [-0.3, -0.25) is 10.1 Å². The topological polar surface area (TPSA) is 92.3 Å². The van der Waals surface area contributed by atoms with Crippen molar-refractivity contribution in [3.8, 4) is 0 Å². The molecule has 2 aromatic rings. The normalized spacial score (nSPS) is 15.8. The van der Waals surface area contributed by atoms with Gasteiger partial charge in [0.15, 0.2) is 0 Å². The number of halogens is 1. The van der Waals surface area contributed by atoms with E-state index in [1.165, 1.54) is 33.8 Å². The maximum atomic E-state index is 12.8. The molecular formula is C16H19ClN4O3S2. The molecule has 1 amide bonds. The lowest BCUT2D eigenvalue weighted by Gasteiger charge is -2.26. The molecule has 1 N–H and O–H groups in total. The summed E-state index contributed by atoms with van der Waals surface area (Å²) >= 11 is 7.39. The number of nitrogens with zero attached hydrogens (tertiary/aromatic N) is 3. The number of nitrogens with one attached hydrogen (secondary N) is 1. The number of carbonyl (C=O) groups is 1. The predicted octanol–water partition coefficient (Wildman–Crippen LogP) is 3.18. The summed E-state index contributed by atoms with van der Waals surface area (Å²) in [6.07, 6.45) is 3.44. The highest BCUT2D eigenvalue weighted by atomic mass is 35.5. The number of amides is 1. The number of hydrogen-bond donors (Lipinski definition) is 1. The fourth-order valence-corrected chi connectivity index (χ4v) is 5.13. The molecule has 10 heteroatoms. The number of carbonyl (C=O) groups excluding carboxylic acids is 1. The number of anilines is 1. The Hall–Kier alpha value is -1.55. The van der Waals surface area contributed by atoms with Crippen LogP contribution < -0.4 is 5.32 Å². The third-order valence-corrected chi connectivity index (χ3v) is 7.33. The minimum atomic E-state index is -3.64. The lowest BCUT2D eigenvalue weighted by Crippen LogP contribution is -2.35. The van der Waals surface area contributed by atoms with Gasteiger partial charge in [0.2, 0.25) is 15.2 Å². The Bertz CT molecular complexity index is 908. The fourth-order valence-electron chi connectivity index (χ4n) is 2.70. The Morgan fingerprint density at radius 2 is 2.00 bits per heavy atom. The molecular weight excluding hydrogens is 396 g/mol. The van der Waals surface area contributed by atoms with Gasteiger partial charge >= 0.3 is 0 Å². The fraction of sp³-hybridized carbons (Fsp3) is 0.438. The Labute approximate surface area is 161 Å². The summed E-state index contributed by atoms with van der Waals surface area (Å²) in [6.45, 7) is 2.94. The lowest BCUT2D eigenvalue weighted by molar-refractivity contribution is 0.102. The molecule has 1 aliphatic rings. The number of rotatable bonds is 5. The molecule has 0 unspecified atom stereocenters. The third kappa shape index (κ3) is 4.06. The Kier molecular flexibility index (Phi) is 5.91. The molecule has 2 heterocycles. The van der Waals surface area contributed by atoms with Crippen molar-refractivity contribution in [3.05, 3.63) is 33.8 Å². The van der Waals surface area contributed by atoms with Gasteiger partial charge in [-0.1, -0.05) is 36.3 Å². The van der Waals surface area contributed by atoms with E-state index in [9.17, 15) is 13.2 Å². The van der Waals surface area contributed by atoms with Crippen LogP contribution in [0.4, 0.5) is 5.13 Å². The number of hydrogen-bond acceptors (Lipinski definition) is 6. The highest BCUT2D eigenvalue weighted by molar-refractivity contribution is 7.89. The number of benzene rings is 1. The average Bonchev–Trinajstić information content (AvgIpc) is 3.10. The van der Waals surface area contributed by atoms with Crippen molar-refractivity contribution >= 4 is 44.0 Å². The van der Waals surface area contributed by atoms with E-state index < -0.39 is 15.9 Å². The van der Waals surface area contributed by atoms with Crippen LogP contribution in [0.15, 0.2) is 23.1 Å². The zero-order valence-electron chi connectivity index (χ0n) is 14.2. The maximum Gasteiger partial charge on any atom is 0.259 e. The molecule has 1 aromatic carbocycles. The molecule has 3 rings (SSSR count). The van der Waals surface area contributed by atoms with E-state index in [4.69, 9.17) is 11.6 Å². The van der Waals surface area contributed by atoms with Gasteiger partial charge in [0.1, 0.15) is 5.01 Å². The summed E-state index contributed by atoms with van der Waals surface area (Å²) < 4.78 is 27.1. The Morgan fingerprint density at radius 1 is 1.27 bits per heavy atom. The van der Waals surface area contributed by atoms with Crippen molar-refractivity contribution < 1.29 is 13.2 Å². The first-order chi connectivity index (χ1) is 12.4.